The van der Waals surface area contributed by atoms with Crippen LogP contribution in [0.25, 0.3) is 5.65 Å². The van der Waals surface area contributed by atoms with Crippen LogP contribution in [0.5, 0.6) is 5.75 Å². The molecular weight excluding hydrogens is 356 g/mol. The maximum Gasteiger partial charge on any atom is 0.251 e. The number of benzene rings is 1. The minimum Gasteiger partial charge on any atom is -0.487 e. The predicted octanol–water partition coefficient (Wildman–Crippen LogP) is 2.18. The summed E-state index contributed by atoms with van der Waals surface area (Å²) in [6.07, 6.45) is 4.29. The largest absolute Gasteiger partial charge is 0.487 e. The van der Waals surface area contributed by atoms with E-state index in [9.17, 15) is 9.59 Å². The van der Waals surface area contributed by atoms with E-state index in [4.69, 9.17) is 4.74 Å². The molecular formula is C21H22N4O3. The Morgan fingerprint density at radius 3 is 2.93 bits per heavy atom. The molecule has 1 aromatic carbocycles. The predicted molar refractivity (Wildman–Crippen MR) is 104 cm³/mol. The van der Waals surface area contributed by atoms with Gasteiger partial charge in [-0.3, -0.25) is 9.59 Å². The van der Waals surface area contributed by atoms with Crippen molar-refractivity contribution in [1.29, 1.82) is 0 Å². The zero-order valence-corrected chi connectivity index (χ0v) is 15.9. The minimum atomic E-state index is -0.207. The number of nitrogens with zero attached hydrogens (tertiary/aromatic N) is 3. The van der Waals surface area contributed by atoms with Gasteiger partial charge < -0.3 is 19.4 Å². The van der Waals surface area contributed by atoms with Crippen molar-refractivity contribution < 1.29 is 14.3 Å². The number of aryl methyl sites for hydroxylation is 1. The van der Waals surface area contributed by atoms with Crippen LogP contribution in [0.1, 0.15) is 28.0 Å². The van der Waals surface area contributed by atoms with Gasteiger partial charge >= 0.3 is 0 Å². The van der Waals surface area contributed by atoms with E-state index in [0.717, 1.165) is 16.9 Å². The molecule has 0 radical (unpaired) electrons. The maximum atomic E-state index is 12.5. The lowest BCUT2D eigenvalue weighted by molar-refractivity contribution is -0.126. The van der Waals surface area contributed by atoms with Crippen LogP contribution in [-0.2, 0) is 11.4 Å². The maximum absolute atomic E-state index is 12.5. The number of hydrogen-bond donors (Lipinski definition) is 1. The lowest BCUT2D eigenvalue weighted by atomic mass is 10.1. The van der Waals surface area contributed by atoms with Crippen LogP contribution in [0.3, 0.4) is 0 Å². The number of likely N-dealkylation sites (N-methyl/N-ethyl adjacent to an activating group) is 1. The highest BCUT2D eigenvalue weighted by Gasteiger charge is 2.28. The summed E-state index contributed by atoms with van der Waals surface area (Å²) in [6.45, 7) is 2.88. The summed E-state index contributed by atoms with van der Waals surface area (Å²) in [5, 5.41) is 2.91. The number of likely N-dealkylation sites (tertiary alicyclic amines) is 1. The second-order valence-corrected chi connectivity index (χ2v) is 7.17. The monoisotopic (exact) mass is 378 g/mol. The molecule has 1 unspecified atom stereocenters. The number of ether oxygens (including phenoxy) is 1. The van der Waals surface area contributed by atoms with Crippen LogP contribution in [-0.4, -0.2) is 45.7 Å². The SMILES string of the molecule is Cc1ccc2nc(COc3cccc(C(=O)NC4CC(=O)N(C)C4)c3)cn2c1. The van der Waals surface area contributed by atoms with Crippen molar-refractivity contribution >= 4 is 17.5 Å². The summed E-state index contributed by atoms with van der Waals surface area (Å²) in [7, 11) is 1.74. The van der Waals surface area contributed by atoms with Crippen molar-refractivity contribution in [2.75, 3.05) is 13.6 Å². The van der Waals surface area contributed by atoms with Gasteiger partial charge in [0, 0.05) is 38.0 Å². The number of rotatable bonds is 5. The molecule has 2 aromatic heterocycles. The van der Waals surface area contributed by atoms with E-state index in [0.29, 0.717) is 30.9 Å². The van der Waals surface area contributed by atoms with Crippen molar-refractivity contribution in [1.82, 2.24) is 19.6 Å². The van der Waals surface area contributed by atoms with Gasteiger partial charge in [-0.25, -0.2) is 4.98 Å². The lowest BCUT2D eigenvalue weighted by Gasteiger charge is -2.13. The van der Waals surface area contributed by atoms with Crippen molar-refractivity contribution in [3.8, 4) is 5.75 Å². The first kappa shape index (κ1) is 18.0. The fourth-order valence-corrected chi connectivity index (χ4v) is 3.34. The third kappa shape index (κ3) is 3.83. The van der Waals surface area contributed by atoms with Crippen molar-refractivity contribution in [3.05, 3.63) is 65.6 Å². The molecule has 0 aliphatic carbocycles. The highest BCUT2D eigenvalue weighted by Crippen LogP contribution is 2.17. The molecule has 4 rings (SSSR count). The molecule has 1 atom stereocenters. The average Bonchev–Trinajstić information content (AvgIpc) is 3.22. The molecule has 2 amide bonds. The van der Waals surface area contributed by atoms with Crippen LogP contribution in [0.15, 0.2) is 48.8 Å². The van der Waals surface area contributed by atoms with Crippen LogP contribution in [0.2, 0.25) is 0 Å². The van der Waals surface area contributed by atoms with E-state index < -0.39 is 0 Å². The highest BCUT2D eigenvalue weighted by molar-refractivity contribution is 5.95. The Morgan fingerprint density at radius 1 is 1.29 bits per heavy atom. The molecule has 7 nitrogen and oxygen atoms in total. The Kier molecular flexibility index (Phi) is 4.73. The Bertz CT molecular complexity index is 1040. The Morgan fingerprint density at radius 2 is 2.14 bits per heavy atom. The summed E-state index contributed by atoms with van der Waals surface area (Å²) < 4.78 is 7.80. The first-order valence-corrected chi connectivity index (χ1v) is 9.20. The zero-order valence-electron chi connectivity index (χ0n) is 15.9. The second kappa shape index (κ2) is 7.34. The van der Waals surface area contributed by atoms with Gasteiger partial charge in [0.15, 0.2) is 0 Å². The van der Waals surface area contributed by atoms with Gasteiger partial charge in [-0.2, -0.15) is 0 Å². The zero-order chi connectivity index (χ0) is 19.7. The molecule has 144 valence electrons. The Balaban J connectivity index is 1.40. The number of hydrogen-bond acceptors (Lipinski definition) is 4. The summed E-state index contributed by atoms with van der Waals surface area (Å²) >= 11 is 0. The number of carbonyl (C=O) groups is 2. The number of fused-ring (bicyclic) bond motifs is 1. The van der Waals surface area contributed by atoms with Gasteiger partial charge in [-0.05, 0) is 36.8 Å². The summed E-state index contributed by atoms with van der Waals surface area (Å²) in [5.74, 6) is 0.437. The van der Waals surface area contributed by atoms with E-state index >= 15 is 0 Å². The number of carbonyl (C=O) groups excluding carboxylic acids is 2. The third-order valence-electron chi connectivity index (χ3n) is 4.81. The minimum absolute atomic E-state index is 0.0463. The smallest absolute Gasteiger partial charge is 0.251 e. The van der Waals surface area contributed by atoms with Gasteiger partial charge in [0.2, 0.25) is 5.91 Å². The average molecular weight is 378 g/mol. The number of nitrogens with one attached hydrogen (secondary N) is 1. The number of amides is 2. The molecule has 3 aromatic rings. The molecule has 1 aliphatic rings. The number of aromatic nitrogens is 2. The van der Waals surface area contributed by atoms with Crippen LogP contribution < -0.4 is 10.1 Å². The van der Waals surface area contributed by atoms with Crippen LogP contribution in [0.4, 0.5) is 0 Å². The van der Waals surface area contributed by atoms with E-state index in [1.54, 1.807) is 30.1 Å². The third-order valence-corrected chi connectivity index (χ3v) is 4.81. The fourth-order valence-electron chi connectivity index (χ4n) is 3.34. The normalized spacial score (nSPS) is 16.6. The molecule has 0 bridgehead atoms. The topological polar surface area (TPSA) is 75.9 Å². The van der Waals surface area contributed by atoms with Gasteiger partial charge in [0.1, 0.15) is 18.0 Å². The molecule has 7 heteroatoms. The van der Waals surface area contributed by atoms with Gasteiger partial charge in [-0.1, -0.05) is 12.1 Å². The molecule has 0 saturated carbocycles. The standard InChI is InChI=1S/C21H22N4O3/c1-14-6-7-19-22-17(12-25(19)10-14)13-28-18-5-3-4-15(8-18)21(27)23-16-9-20(26)24(2)11-16/h3-8,10,12,16H,9,11,13H2,1-2H3,(H,23,27). The Hall–Kier alpha value is -3.35. The summed E-state index contributed by atoms with van der Waals surface area (Å²) in [5.41, 5.74) is 3.35. The molecule has 28 heavy (non-hydrogen) atoms. The van der Waals surface area contributed by atoms with E-state index in [1.165, 1.54) is 0 Å². The summed E-state index contributed by atoms with van der Waals surface area (Å²) in [6, 6.07) is 10.9. The van der Waals surface area contributed by atoms with E-state index in [2.05, 4.69) is 10.3 Å². The summed E-state index contributed by atoms with van der Waals surface area (Å²) in [4.78, 5) is 30.2. The second-order valence-electron chi connectivity index (χ2n) is 7.17. The molecule has 1 N–H and O–H groups in total. The molecule has 1 fully saturated rings. The van der Waals surface area contributed by atoms with Crippen molar-refractivity contribution in [2.24, 2.45) is 0 Å². The first-order chi connectivity index (χ1) is 13.5. The first-order valence-electron chi connectivity index (χ1n) is 9.20. The van der Waals surface area contributed by atoms with E-state index in [-0.39, 0.29) is 17.9 Å². The lowest BCUT2D eigenvalue weighted by Crippen LogP contribution is -2.36. The van der Waals surface area contributed by atoms with Gasteiger partial charge in [-0.15, -0.1) is 0 Å². The Labute approximate surface area is 162 Å². The van der Waals surface area contributed by atoms with E-state index in [1.807, 2.05) is 41.9 Å². The molecule has 0 spiro atoms. The van der Waals surface area contributed by atoms with Crippen molar-refractivity contribution in [3.63, 3.8) is 0 Å². The van der Waals surface area contributed by atoms with Gasteiger partial charge in [0.25, 0.3) is 5.91 Å². The highest BCUT2D eigenvalue weighted by atomic mass is 16.5. The molecule has 1 aliphatic heterocycles. The quantitative estimate of drug-likeness (QED) is 0.738. The molecule has 1 saturated heterocycles. The van der Waals surface area contributed by atoms with Crippen molar-refractivity contribution in [2.45, 2.75) is 26.0 Å². The number of pyridine rings is 1. The molecule has 3 heterocycles. The van der Waals surface area contributed by atoms with Crippen LogP contribution >= 0.6 is 0 Å². The number of imidazole rings is 1. The van der Waals surface area contributed by atoms with Crippen LogP contribution in [0, 0.1) is 6.92 Å². The van der Waals surface area contributed by atoms with Gasteiger partial charge in [0.05, 0.1) is 11.7 Å². The fraction of sp³-hybridized carbons (Fsp3) is 0.286.